The molecule has 0 atom stereocenters. The predicted octanol–water partition coefficient (Wildman–Crippen LogP) is 2.22. The molecule has 1 heterocycles. The van der Waals surface area contributed by atoms with Gasteiger partial charge in [0.15, 0.2) is 0 Å². The van der Waals surface area contributed by atoms with E-state index in [1.54, 1.807) is 30.3 Å². The van der Waals surface area contributed by atoms with Crippen molar-refractivity contribution < 1.29 is 24.4 Å². The number of anilines is 1. The summed E-state index contributed by atoms with van der Waals surface area (Å²) >= 11 is 0. The average molecular weight is 331 g/mol. The Kier molecular flexibility index (Phi) is 5.40. The van der Waals surface area contributed by atoms with Gasteiger partial charge in [0.25, 0.3) is 0 Å². The number of carbonyl (C=O) groups excluding carboxylic acids is 1. The summed E-state index contributed by atoms with van der Waals surface area (Å²) in [6.45, 7) is -0.868. The molecule has 9 nitrogen and oxygen atoms in total. The second kappa shape index (κ2) is 7.68. The van der Waals surface area contributed by atoms with E-state index in [0.29, 0.717) is 10.5 Å². The third-order valence-corrected chi connectivity index (χ3v) is 2.98. The summed E-state index contributed by atoms with van der Waals surface area (Å²) in [5.74, 6) is -1.34. The number of amides is 1. The van der Waals surface area contributed by atoms with Crippen LogP contribution in [0.15, 0.2) is 48.8 Å². The SMILES string of the molecule is O=C(O)CN(C(=O)OCc1ccccc1)c1ccncc1[N+](=O)[O-]. The van der Waals surface area contributed by atoms with E-state index in [9.17, 15) is 19.7 Å². The van der Waals surface area contributed by atoms with Crippen molar-refractivity contribution >= 4 is 23.4 Å². The third-order valence-electron chi connectivity index (χ3n) is 2.98. The number of aromatic nitrogens is 1. The van der Waals surface area contributed by atoms with Crippen molar-refractivity contribution in [2.75, 3.05) is 11.4 Å². The topological polar surface area (TPSA) is 123 Å². The van der Waals surface area contributed by atoms with Gasteiger partial charge in [0, 0.05) is 6.20 Å². The maximum Gasteiger partial charge on any atom is 0.415 e. The van der Waals surface area contributed by atoms with Gasteiger partial charge in [0.2, 0.25) is 0 Å². The molecule has 0 saturated carbocycles. The lowest BCUT2D eigenvalue weighted by Gasteiger charge is -2.19. The smallest absolute Gasteiger partial charge is 0.415 e. The van der Waals surface area contributed by atoms with Gasteiger partial charge in [-0.05, 0) is 11.6 Å². The normalized spacial score (nSPS) is 10.0. The molecular formula is C15H13N3O6. The molecule has 1 aromatic carbocycles. The highest BCUT2D eigenvalue weighted by Crippen LogP contribution is 2.27. The summed E-state index contributed by atoms with van der Waals surface area (Å²) in [4.78, 5) is 37.8. The Morgan fingerprint density at radius 3 is 2.58 bits per heavy atom. The number of nitro groups is 1. The van der Waals surface area contributed by atoms with Crippen LogP contribution in [0.4, 0.5) is 16.2 Å². The van der Waals surface area contributed by atoms with E-state index in [4.69, 9.17) is 9.84 Å². The second-order valence-corrected chi connectivity index (χ2v) is 4.64. The van der Waals surface area contributed by atoms with Gasteiger partial charge in [-0.25, -0.2) is 4.79 Å². The molecule has 1 N–H and O–H groups in total. The zero-order chi connectivity index (χ0) is 17.5. The Hall–Kier alpha value is -3.49. The Morgan fingerprint density at radius 1 is 1.25 bits per heavy atom. The van der Waals surface area contributed by atoms with Crippen molar-refractivity contribution in [2.24, 2.45) is 0 Å². The van der Waals surface area contributed by atoms with Crippen molar-refractivity contribution in [3.63, 3.8) is 0 Å². The minimum Gasteiger partial charge on any atom is -0.480 e. The van der Waals surface area contributed by atoms with Crippen molar-refractivity contribution in [2.45, 2.75) is 6.61 Å². The van der Waals surface area contributed by atoms with E-state index >= 15 is 0 Å². The van der Waals surface area contributed by atoms with E-state index in [1.165, 1.54) is 12.3 Å². The molecule has 0 spiro atoms. The molecule has 0 unspecified atom stereocenters. The van der Waals surface area contributed by atoms with E-state index in [-0.39, 0.29) is 12.3 Å². The number of aliphatic carboxylic acids is 1. The molecule has 0 fully saturated rings. The number of ether oxygens (including phenoxy) is 1. The summed E-state index contributed by atoms with van der Waals surface area (Å²) in [7, 11) is 0. The van der Waals surface area contributed by atoms with Gasteiger partial charge in [-0.2, -0.15) is 0 Å². The first-order valence-electron chi connectivity index (χ1n) is 6.77. The van der Waals surface area contributed by atoms with Crippen molar-refractivity contribution in [3.8, 4) is 0 Å². The minimum atomic E-state index is -1.34. The molecule has 2 aromatic rings. The second-order valence-electron chi connectivity index (χ2n) is 4.64. The van der Waals surface area contributed by atoms with Crippen LogP contribution in [0.2, 0.25) is 0 Å². The molecular weight excluding hydrogens is 318 g/mol. The van der Waals surface area contributed by atoms with Crippen LogP contribution >= 0.6 is 0 Å². The van der Waals surface area contributed by atoms with E-state index in [1.807, 2.05) is 0 Å². The monoisotopic (exact) mass is 331 g/mol. The Morgan fingerprint density at radius 2 is 1.96 bits per heavy atom. The average Bonchev–Trinajstić information content (AvgIpc) is 2.58. The fourth-order valence-corrected chi connectivity index (χ4v) is 1.93. The van der Waals surface area contributed by atoms with Crippen molar-refractivity contribution in [1.82, 2.24) is 4.98 Å². The zero-order valence-electron chi connectivity index (χ0n) is 12.4. The van der Waals surface area contributed by atoms with Crippen LogP contribution in [0, 0.1) is 10.1 Å². The lowest BCUT2D eigenvalue weighted by Crippen LogP contribution is -2.36. The van der Waals surface area contributed by atoms with Crippen LogP contribution in [0.3, 0.4) is 0 Å². The number of rotatable bonds is 6. The zero-order valence-corrected chi connectivity index (χ0v) is 12.4. The van der Waals surface area contributed by atoms with Crippen LogP contribution in [0.25, 0.3) is 0 Å². The van der Waals surface area contributed by atoms with Gasteiger partial charge in [-0.15, -0.1) is 0 Å². The third kappa shape index (κ3) is 4.26. The molecule has 1 amide bonds. The highest BCUT2D eigenvalue weighted by atomic mass is 16.6. The number of hydrogen-bond acceptors (Lipinski definition) is 6. The summed E-state index contributed by atoms with van der Waals surface area (Å²) in [6.07, 6.45) is 1.16. The summed E-state index contributed by atoms with van der Waals surface area (Å²) in [5, 5.41) is 20.0. The Labute approximate surface area is 136 Å². The van der Waals surface area contributed by atoms with Crippen LogP contribution in [-0.4, -0.2) is 33.6 Å². The maximum atomic E-state index is 12.2. The minimum absolute atomic E-state index is 0.0886. The molecule has 124 valence electrons. The molecule has 2 rings (SSSR count). The van der Waals surface area contributed by atoms with E-state index in [2.05, 4.69) is 4.98 Å². The summed E-state index contributed by atoms with van der Waals surface area (Å²) in [6, 6.07) is 9.94. The molecule has 24 heavy (non-hydrogen) atoms. The standard InChI is InChI=1S/C15H13N3O6/c19-14(20)9-17(12-6-7-16-8-13(12)18(22)23)15(21)24-10-11-4-2-1-3-5-11/h1-8H,9-10H2,(H,19,20). The van der Waals surface area contributed by atoms with Gasteiger partial charge < -0.3 is 9.84 Å². The van der Waals surface area contributed by atoms with Gasteiger partial charge in [-0.3, -0.25) is 24.8 Å². The lowest BCUT2D eigenvalue weighted by atomic mass is 10.2. The fraction of sp³-hybridized carbons (Fsp3) is 0.133. The maximum absolute atomic E-state index is 12.2. The van der Waals surface area contributed by atoms with Gasteiger partial charge >= 0.3 is 17.7 Å². The number of nitrogens with zero attached hydrogens (tertiary/aromatic N) is 3. The Bertz CT molecular complexity index is 750. The van der Waals surface area contributed by atoms with Crippen LogP contribution in [0.1, 0.15) is 5.56 Å². The molecule has 9 heteroatoms. The first kappa shape index (κ1) is 16.9. The molecule has 0 aliphatic rings. The largest absolute Gasteiger partial charge is 0.480 e. The first-order chi connectivity index (χ1) is 11.5. The molecule has 0 radical (unpaired) electrons. The summed E-state index contributed by atoms with van der Waals surface area (Å²) in [5.41, 5.74) is 0.0104. The van der Waals surface area contributed by atoms with Gasteiger partial charge in [-0.1, -0.05) is 30.3 Å². The van der Waals surface area contributed by atoms with Gasteiger partial charge in [0.1, 0.15) is 25.0 Å². The van der Waals surface area contributed by atoms with Gasteiger partial charge in [0.05, 0.1) is 4.92 Å². The number of hydrogen-bond donors (Lipinski definition) is 1. The molecule has 0 aliphatic heterocycles. The van der Waals surface area contributed by atoms with Crippen LogP contribution in [0.5, 0.6) is 0 Å². The predicted molar refractivity (Wildman–Crippen MR) is 82.5 cm³/mol. The Balaban J connectivity index is 2.23. The number of carboxylic acid groups (broad SMARTS) is 1. The highest BCUT2D eigenvalue weighted by molar-refractivity contribution is 5.95. The molecule has 0 bridgehead atoms. The quantitative estimate of drug-likeness (QED) is 0.636. The number of carboxylic acids is 1. The van der Waals surface area contributed by atoms with E-state index < -0.39 is 29.2 Å². The number of benzene rings is 1. The number of pyridine rings is 1. The van der Waals surface area contributed by atoms with Crippen LogP contribution in [-0.2, 0) is 16.1 Å². The van der Waals surface area contributed by atoms with Crippen molar-refractivity contribution in [3.05, 3.63) is 64.5 Å². The lowest BCUT2D eigenvalue weighted by molar-refractivity contribution is -0.384. The molecule has 1 aromatic heterocycles. The fourth-order valence-electron chi connectivity index (χ4n) is 1.93. The number of carbonyl (C=O) groups is 2. The van der Waals surface area contributed by atoms with Crippen LogP contribution < -0.4 is 4.90 Å². The van der Waals surface area contributed by atoms with E-state index in [0.717, 1.165) is 6.20 Å². The molecule has 0 saturated heterocycles. The molecule has 0 aliphatic carbocycles. The first-order valence-corrected chi connectivity index (χ1v) is 6.77. The summed E-state index contributed by atoms with van der Waals surface area (Å²) < 4.78 is 5.06. The highest BCUT2D eigenvalue weighted by Gasteiger charge is 2.27. The van der Waals surface area contributed by atoms with Crippen molar-refractivity contribution in [1.29, 1.82) is 0 Å².